The predicted octanol–water partition coefficient (Wildman–Crippen LogP) is 2.44. The lowest BCUT2D eigenvalue weighted by molar-refractivity contribution is -0.110. The molecule has 0 aromatic rings. The summed E-state index contributed by atoms with van der Waals surface area (Å²) < 4.78 is 5.10. The molecule has 0 radical (unpaired) electrons. The maximum absolute atomic E-state index is 11.5. The first-order chi connectivity index (χ1) is 8.60. The molecule has 110 valence electrons. The van der Waals surface area contributed by atoms with Crippen LogP contribution in [0.2, 0.25) is 0 Å². The van der Waals surface area contributed by atoms with Crippen molar-refractivity contribution in [1.29, 1.82) is 0 Å². The average Bonchev–Trinajstić information content (AvgIpc) is 2.18. The molecule has 0 rings (SSSR count). The van der Waals surface area contributed by atoms with Gasteiger partial charge in [-0.3, -0.25) is 9.59 Å². The van der Waals surface area contributed by atoms with Gasteiger partial charge in [-0.05, 0) is 20.8 Å². The molecule has 0 fully saturated rings. The molecule has 5 nitrogen and oxygen atoms in total. The van der Waals surface area contributed by atoms with Crippen molar-refractivity contribution in [2.45, 2.75) is 45.5 Å². The number of hydrogen-bond acceptors (Lipinski definition) is 6. The second-order valence-electron chi connectivity index (χ2n) is 4.92. The van der Waals surface area contributed by atoms with E-state index in [4.69, 9.17) is 4.74 Å². The lowest BCUT2D eigenvalue weighted by Crippen LogP contribution is -2.37. The zero-order chi connectivity index (χ0) is 15.1. The normalized spacial score (nSPS) is 12.7. The summed E-state index contributed by atoms with van der Waals surface area (Å²) >= 11 is 2.26. The molecule has 1 N–H and O–H groups in total. The molecule has 0 saturated heterocycles. The summed E-state index contributed by atoms with van der Waals surface area (Å²) in [4.78, 5) is 33.5. The van der Waals surface area contributed by atoms with Gasteiger partial charge in [0, 0.05) is 31.4 Å². The average molecular weight is 307 g/mol. The van der Waals surface area contributed by atoms with Crippen LogP contribution in [0.5, 0.6) is 0 Å². The maximum Gasteiger partial charge on any atom is 0.407 e. The molecule has 0 aliphatic carbocycles. The van der Waals surface area contributed by atoms with Crippen molar-refractivity contribution in [2.24, 2.45) is 0 Å². The van der Waals surface area contributed by atoms with Crippen LogP contribution in [0.3, 0.4) is 0 Å². The monoisotopic (exact) mass is 307 g/mol. The SMILES string of the molecule is CC(=O)SCC(CNC(=O)OC(C)(C)C)SC(C)=O. The summed E-state index contributed by atoms with van der Waals surface area (Å²) in [5.74, 6) is 0.482. The molecule has 0 aliphatic heterocycles. The predicted molar refractivity (Wildman–Crippen MR) is 79.4 cm³/mol. The van der Waals surface area contributed by atoms with Gasteiger partial charge in [0.1, 0.15) is 5.60 Å². The van der Waals surface area contributed by atoms with Gasteiger partial charge in [-0.2, -0.15) is 0 Å². The van der Waals surface area contributed by atoms with Crippen molar-refractivity contribution in [3.63, 3.8) is 0 Å². The molecule has 0 bridgehead atoms. The van der Waals surface area contributed by atoms with E-state index in [1.807, 2.05) is 0 Å². The Kier molecular flexibility index (Phi) is 8.17. The van der Waals surface area contributed by atoms with Gasteiger partial charge in [0.2, 0.25) is 0 Å². The second kappa shape index (κ2) is 8.47. The number of ether oxygens (including phenoxy) is 1. The maximum atomic E-state index is 11.5. The van der Waals surface area contributed by atoms with Gasteiger partial charge in [0.25, 0.3) is 0 Å². The molecular weight excluding hydrogens is 286 g/mol. The minimum atomic E-state index is -0.554. The van der Waals surface area contributed by atoms with Crippen LogP contribution in [-0.4, -0.2) is 39.5 Å². The van der Waals surface area contributed by atoms with Crippen LogP contribution >= 0.6 is 23.5 Å². The summed E-state index contributed by atoms with van der Waals surface area (Å²) in [5.41, 5.74) is -0.554. The fraction of sp³-hybridized carbons (Fsp3) is 0.750. The van der Waals surface area contributed by atoms with E-state index in [9.17, 15) is 14.4 Å². The Balaban J connectivity index is 4.21. The zero-order valence-electron chi connectivity index (χ0n) is 11.9. The minimum Gasteiger partial charge on any atom is -0.444 e. The summed E-state index contributed by atoms with van der Waals surface area (Å²) in [6.45, 7) is 8.56. The second-order valence-corrected chi connectivity index (χ2v) is 7.59. The van der Waals surface area contributed by atoms with Gasteiger partial charge in [0.05, 0.1) is 0 Å². The number of thioether (sulfide) groups is 2. The van der Waals surface area contributed by atoms with Crippen LogP contribution in [0.4, 0.5) is 4.79 Å². The molecule has 0 aliphatic rings. The van der Waals surface area contributed by atoms with Gasteiger partial charge < -0.3 is 10.1 Å². The highest BCUT2D eigenvalue weighted by Gasteiger charge is 2.19. The molecule has 0 heterocycles. The van der Waals surface area contributed by atoms with Crippen molar-refractivity contribution in [1.82, 2.24) is 5.32 Å². The van der Waals surface area contributed by atoms with E-state index in [1.165, 1.54) is 13.8 Å². The molecule has 1 atom stereocenters. The molecule has 0 aromatic heterocycles. The minimum absolute atomic E-state index is 0.00794. The van der Waals surface area contributed by atoms with E-state index >= 15 is 0 Å². The third-order valence-corrected chi connectivity index (χ3v) is 3.86. The smallest absolute Gasteiger partial charge is 0.407 e. The van der Waals surface area contributed by atoms with Gasteiger partial charge in [-0.25, -0.2) is 4.79 Å². The van der Waals surface area contributed by atoms with E-state index in [0.717, 1.165) is 23.5 Å². The lowest BCUT2D eigenvalue weighted by Gasteiger charge is -2.21. The largest absolute Gasteiger partial charge is 0.444 e. The number of amides is 1. The lowest BCUT2D eigenvalue weighted by atomic mass is 10.2. The quantitative estimate of drug-likeness (QED) is 0.841. The third-order valence-electron chi connectivity index (χ3n) is 1.68. The van der Waals surface area contributed by atoms with Gasteiger partial charge in [-0.1, -0.05) is 23.5 Å². The Labute approximate surface area is 122 Å². The van der Waals surface area contributed by atoms with Crippen molar-refractivity contribution in [3.05, 3.63) is 0 Å². The standard InChI is InChI=1S/C12H21NO4S2/c1-8(14)18-7-10(19-9(2)15)6-13-11(16)17-12(3,4)5/h10H,6-7H2,1-5H3,(H,13,16). The van der Waals surface area contributed by atoms with E-state index in [2.05, 4.69) is 5.32 Å². The Morgan fingerprint density at radius 2 is 1.74 bits per heavy atom. The molecular formula is C12H21NO4S2. The topological polar surface area (TPSA) is 72.5 Å². The van der Waals surface area contributed by atoms with Gasteiger partial charge in [0.15, 0.2) is 10.2 Å². The first-order valence-electron chi connectivity index (χ1n) is 5.87. The van der Waals surface area contributed by atoms with Crippen molar-refractivity contribution < 1.29 is 19.1 Å². The Morgan fingerprint density at radius 3 is 2.16 bits per heavy atom. The number of alkyl carbamates (subject to hydrolysis) is 1. The third kappa shape index (κ3) is 12.1. The van der Waals surface area contributed by atoms with Crippen LogP contribution < -0.4 is 5.32 Å². The highest BCUT2D eigenvalue weighted by Crippen LogP contribution is 2.17. The first kappa shape index (κ1) is 18.3. The Bertz CT molecular complexity index is 339. The van der Waals surface area contributed by atoms with E-state index in [1.54, 1.807) is 20.8 Å². The number of carbonyl (C=O) groups excluding carboxylic acids is 3. The molecule has 0 spiro atoms. The highest BCUT2D eigenvalue weighted by atomic mass is 32.2. The summed E-state index contributed by atoms with van der Waals surface area (Å²) in [7, 11) is 0. The first-order valence-corrected chi connectivity index (χ1v) is 7.74. The molecule has 0 saturated carbocycles. The number of hydrogen-bond donors (Lipinski definition) is 1. The fourth-order valence-electron chi connectivity index (χ4n) is 1.09. The fourth-order valence-corrected chi connectivity index (χ4v) is 2.74. The number of carbonyl (C=O) groups is 3. The Morgan fingerprint density at radius 1 is 1.16 bits per heavy atom. The summed E-state index contributed by atoms with van der Waals surface area (Å²) in [5, 5.41) is 2.42. The van der Waals surface area contributed by atoms with Gasteiger partial charge in [-0.15, -0.1) is 0 Å². The van der Waals surface area contributed by atoms with E-state index in [0.29, 0.717) is 12.3 Å². The van der Waals surface area contributed by atoms with Crippen LogP contribution in [-0.2, 0) is 14.3 Å². The van der Waals surface area contributed by atoms with Crippen LogP contribution in [0, 0.1) is 0 Å². The molecule has 0 aromatic carbocycles. The van der Waals surface area contributed by atoms with Crippen LogP contribution in [0.25, 0.3) is 0 Å². The van der Waals surface area contributed by atoms with Crippen LogP contribution in [0.15, 0.2) is 0 Å². The molecule has 19 heavy (non-hydrogen) atoms. The van der Waals surface area contributed by atoms with E-state index in [-0.39, 0.29) is 15.5 Å². The van der Waals surface area contributed by atoms with Crippen molar-refractivity contribution in [2.75, 3.05) is 12.3 Å². The Hall–Kier alpha value is -0.690. The van der Waals surface area contributed by atoms with Crippen molar-refractivity contribution in [3.8, 4) is 0 Å². The summed E-state index contributed by atoms with van der Waals surface area (Å²) in [6.07, 6.45) is -0.519. The van der Waals surface area contributed by atoms with E-state index < -0.39 is 11.7 Å². The van der Waals surface area contributed by atoms with Crippen molar-refractivity contribution >= 4 is 39.8 Å². The number of nitrogens with one attached hydrogen (secondary N) is 1. The highest BCUT2D eigenvalue weighted by molar-refractivity contribution is 8.17. The van der Waals surface area contributed by atoms with Gasteiger partial charge >= 0.3 is 6.09 Å². The van der Waals surface area contributed by atoms with Crippen LogP contribution in [0.1, 0.15) is 34.6 Å². The molecule has 1 amide bonds. The number of rotatable bonds is 5. The zero-order valence-corrected chi connectivity index (χ0v) is 13.6. The molecule has 1 unspecified atom stereocenters. The molecule has 7 heteroatoms. The summed E-state index contributed by atoms with van der Waals surface area (Å²) in [6, 6.07) is 0.